The van der Waals surface area contributed by atoms with Gasteiger partial charge in [-0.1, -0.05) is 48.0 Å². The maximum Gasteiger partial charge on any atom is 0.422 e. The summed E-state index contributed by atoms with van der Waals surface area (Å²) in [6.45, 7) is -1.22. The zero-order chi connectivity index (χ0) is 29.2. The first-order chi connectivity index (χ1) is 19.5. The molecule has 1 fully saturated rings. The molecule has 0 spiro atoms. The molecule has 1 aromatic heterocycles. The molecule has 1 aliphatic heterocycles. The first-order valence-electron chi connectivity index (χ1n) is 12.4. The number of anilines is 3. The zero-order valence-corrected chi connectivity index (χ0v) is 22.8. The Balaban J connectivity index is 1.31. The van der Waals surface area contributed by atoms with E-state index >= 15 is 0 Å². The second kappa shape index (κ2) is 11.6. The third kappa shape index (κ3) is 6.94. The van der Waals surface area contributed by atoms with Crippen molar-refractivity contribution in [2.75, 3.05) is 30.3 Å². The fourth-order valence-electron chi connectivity index (χ4n) is 4.37. The number of hydrogen-bond acceptors (Lipinski definition) is 8. The SMILES string of the molecule is O=S(=O)(c1cccc2ccccc12)N1CCC(Nc2nc(Nc3ccc(F)c(Cl)c3)nc(OCC(F)(F)F)n2)CC1. The molecule has 216 valence electrons. The molecule has 0 saturated carbocycles. The summed E-state index contributed by atoms with van der Waals surface area (Å²) in [5.41, 5.74) is 0.280. The van der Waals surface area contributed by atoms with Gasteiger partial charge in [0.15, 0.2) is 6.61 Å². The fraction of sp³-hybridized carbons (Fsp3) is 0.269. The lowest BCUT2D eigenvalue weighted by molar-refractivity contribution is -0.154. The van der Waals surface area contributed by atoms with Crippen LogP contribution in [-0.2, 0) is 10.0 Å². The van der Waals surface area contributed by atoms with E-state index in [1.54, 1.807) is 24.3 Å². The number of rotatable bonds is 8. The molecule has 41 heavy (non-hydrogen) atoms. The minimum absolute atomic E-state index is 0.0803. The molecule has 5 rings (SSSR count). The van der Waals surface area contributed by atoms with Crippen LogP contribution in [-0.4, -0.2) is 59.6 Å². The summed E-state index contributed by atoms with van der Waals surface area (Å²) in [5.74, 6) is -0.903. The lowest BCUT2D eigenvalue weighted by Gasteiger charge is -2.32. The number of hydrogen-bond donors (Lipinski definition) is 2. The smallest absolute Gasteiger partial charge is 0.422 e. The van der Waals surface area contributed by atoms with Gasteiger partial charge in [0, 0.05) is 30.2 Å². The van der Waals surface area contributed by atoms with Crippen molar-refractivity contribution < 1.29 is 30.7 Å². The van der Waals surface area contributed by atoms with Crippen LogP contribution in [0.3, 0.4) is 0 Å². The summed E-state index contributed by atoms with van der Waals surface area (Å²) >= 11 is 5.81. The summed E-state index contributed by atoms with van der Waals surface area (Å²) in [6, 6.07) is 15.2. The van der Waals surface area contributed by atoms with Crippen molar-refractivity contribution in [1.82, 2.24) is 19.3 Å². The number of aromatic nitrogens is 3. The Morgan fingerprint density at radius 3 is 2.41 bits per heavy atom. The standard InChI is InChI=1S/C26H23ClF4N6O3S/c27-20-14-18(8-9-21(20)28)33-24-34-23(35-25(36-24)40-15-26(29,30)31)32-17-10-12-37(13-11-17)41(38,39)22-7-3-5-16-4-1-2-6-19(16)22/h1-9,14,17H,10-13,15H2,(H2,32,33,34,35,36). The first-order valence-corrected chi connectivity index (χ1v) is 14.2. The van der Waals surface area contributed by atoms with Crippen LogP contribution in [0.5, 0.6) is 6.01 Å². The number of piperidine rings is 1. The van der Waals surface area contributed by atoms with Crippen molar-refractivity contribution in [3.63, 3.8) is 0 Å². The minimum atomic E-state index is -4.62. The molecule has 1 saturated heterocycles. The lowest BCUT2D eigenvalue weighted by atomic mass is 10.1. The highest BCUT2D eigenvalue weighted by Crippen LogP contribution is 2.29. The lowest BCUT2D eigenvalue weighted by Crippen LogP contribution is -2.42. The summed E-state index contributed by atoms with van der Waals surface area (Å²) in [4.78, 5) is 12.2. The maximum absolute atomic E-state index is 13.5. The molecule has 0 aliphatic carbocycles. The Morgan fingerprint density at radius 2 is 1.68 bits per heavy atom. The number of fused-ring (bicyclic) bond motifs is 1. The largest absolute Gasteiger partial charge is 0.454 e. The van der Waals surface area contributed by atoms with Gasteiger partial charge in [0.05, 0.1) is 9.92 Å². The first kappa shape index (κ1) is 28.8. The van der Waals surface area contributed by atoms with Crippen molar-refractivity contribution in [2.24, 2.45) is 0 Å². The molecule has 0 radical (unpaired) electrons. The Hall–Kier alpha value is -3.75. The third-order valence-corrected chi connectivity index (χ3v) is 8.56. The van der Waals surface area contributed by atoms with Crippen molar-refractivity contribution >= 4 is 50.0 Å². The summed E-state index contributed by atoms with van der Waals surface area (Å²) < 4.78 is 84.8. The van der Waals surface area contributed by atoms with Crippen LogP contribution in [0.1, 0.15) is 12.8 Å². The van der Waals surface area contributed by atoms with E-state index in [0.717, 1.165) is 11.5 Å². The molecule has 0 atom stereocenters. The second-order valence-corrected chi connectivity index (χ2v) is 11.5. The highest BCUT2D eigenvalue weighted by Gasteiger charge is 2.32. The molecule has 4 aromatic rings. The molecule has 0 unspecified atom stereocenters. The Labute approximate surface area is 237 Å². The minimum Gasteiger partial charge on any atom is -0.454 e. The van der Waals surface area contributed by atoms with Crippen molar-refractivity contribution in [3.05, 3.63) is 71.5 Å². The van der Waals surface area contributed by atoms with Gasteiger partial charge in [-0.05, 0) is 42.5 Å². The summed E-state index contributed by atoms with van der Waals surface area (Å²) in [7, 11) is -3.77. The molecule has 0 bridgehead atoms. The van der Waals surface area contributed by atoms with Gasteiger partial charge in [-0.25, -0.2) is 12.8 Å². The van der Waals surface area contributed by atoms with Crippen LogP contribution in [0.15, 0.2) is 65.6 Å². The van der Waals surface area contributed by atoms with Gasteiger partial charge in [0.2, 0.25) is 21.9 Å². The molecule has 1 aliphatic rings. The van der Waals surface area contributed by atoms with Crippen molar-refractivity contribution in [3.8, 4) is 6.01 Å². The molecular weight excluding hydrogens is 588 g/mol. The Morgan fingerprint density at radius 1 is 0.976 bits per heavy atom. The van der Waals surface area contributed by atoms with Crippen LogP contribution in [0.4, 0.5) is 35.1 Å². The number of benzene rings is 3. The second-order valence-electron chi connectivity index (χ2n) is 9.22. The third-order valence-electron chi connectivity index (χ3n) is 6.31. The van der Waals surface area contributed by atoms with Crippen molar-refractivity contribution in [1.29, 1.82) is 0 Å². The molecule has 2 heterocycles. The molecule has 9 nitrogen and oxygen atoms in total. The van der Waals surface area contributed by atoms with E-state index in [2.05, 4.69) is 25.6 Å². The number of nitrogens with zero attached hydrogens (tertiary/aromatic N) is 4. The average molecular weight is 611 g/mol. The van der Waals surface area contributed by atoms with Gasteiger partial charge in [0.1, 0.15) is 5.82 Å². The Kier molecular flexibility index (Phi) is 8.16. The molecule has 3 aromatic carbocycles. The summed E-state index contributed by atoms with van der Waals surface area (Å²) in [6.07, 6.45) is -3.86. The van der Waals surface area contributed by atoms with Crippen LogP contribution in [0, 0.1) is 5.82 Å². The van der Waals surface area contributed by atoms with Crippen LogP contribution < -0.4 is 15.4 Å². The summed E-state index contributed by atoms with van der Waals surface area (Å²) in [5, 5.41) is 7.05. The topological polar surface area (TPSA) is 109 Å². The van der Waals surface area contributed by atoms with Gasteiger partial charge in [-0.2, -0.15) is 32.4 Å². The predicted octanol–water partition coefficient (Wildman–Crippen LogP) is 5.77. The van der Waals surface area contributed by atoms with E-state index in [-0.39, 0.29) is 46.6 Å². The molecule has 15 heteroatoms. The van der Waals surface area contributed by atoms with Crippen LogP contribution in [0.25, 0.3) is 10.8 Å². The zero-order valence-electron chi connectivity index (χ0n) is 21.2. The highest BCUT2D eigenvalue weighted by molar-refractivity contribution is 7.89. The molecule has 0 amide bonds. The fourth-order valence-corrected chi connectivity index (χ4v) is 6.24. The number of ether oxygens (including phenoxy) is 1. The normalized spacial score (nSPS) is 15.1. The van der Waals surface area contributed by atoms with E-state index in [4.69, 9.17) is 16.3 Å². The maximum atomic E-state index is 13.5. The number of halogens is 5. The number of alkyl halides is 3. The van der Waals surface area contributed by atoms with Gasteiger partial charge in [0.25, 0.3) is 0 Å². The van der Waals surface area contributed by atoms with Crippen molar-refractivity contribution in [2.45, 2.75) is 30.0 Å². The number of sulfonamides is 1. The van der Waals surface area contributed by atoms with E-state index < -0.39 is 34.6 Å². The van der Waals surface area contributed by atoms with Gasteiger partial charge < -0.3 is 15.4 Å². The highest BCUT2D eigenvalue weighted by atomic mass is 35.5. The predicted molar refractivity (Wildman–Crippen MR) is 145 cm³/mol. The molecule has 2 N–H and O–H groups in total. The van der Waals surface area contributed by atoms with E-state index in [9.17, 15) is 26.0 Å². The van der Waals surface area contributed by atoms with Crippen LogP contribution >= 0.6 is 11.6 Å². The quantitative estimate of drug-likeness (QED) is 0.242. The van der Waals surface area contributed by atoms with Crippen LogP contribution in [0.2, 0.25) is 5.02 Å². The van der Waals surface area contributed by atoms with E-state index in [1.807, 2.05) is 18.2 Å². The van der Waals surface area contributed by atoms with Gasteiger partial charge in [-0.15, -0.1) is 0 Å². The van der Waals surface area contributed by atoms with Gasteiger partial charge >= 0.3 is 12.2 Å². The number of nitrogens with one attached hydrogen (secondary N) is 2. The van der Waals surface area contributed by atoms with Gasteiger partial charge in [-0.3, -0.25) is 0 Å². The van der Waals surface area contributed by atoms with E-state index in [0.29, 0.717) is 18.2 Å². The molecular formula is C26H23ClF4N6O3S. The average Bonchev–Trinajstić information content (AvgIpc) is 2.93. The Bertz CT molecular complexity index is 1660. The monoisotopic (exact) mass is 610 g/mol. The van der Waals surface area contributed by atoms with E-state index in [1.165, 1.54) is 16.4 Å².